The maximum atomic E-state index is 14.0. The zero-order chi connectivity index (χ0) is 29.5. The zero-order valence-corrected chi connectivity index (χ0v) is 22.8. The van der Waals surface area contributed by atoms with E-state index in [-0.39, 0.29) is 11.8 Å². The lowest BCUT2D eigenvalue weighted by Gasteiger charge is -2.15. The Kier molecular flexibility index (Phi) is 9.58. The van der Waals surface area contributed by atoms with E-state index in [1.54, 1.807) is 72.8 Å². The van der Waals surface area contributed by atoms with Crippen LogP contribution in [0, 0.1) is 23.3 Å². The summed E-state index contributed by atoms with van der Waals surface area (Å²) in [6.45, 7) is 1.43. The van der Waals surface area contributed by atoms with Crippen molar-refractivity contribution in [3.05, 3.63) is 118 Å². The number of benzene rings is 3. The molecular weight excluding hydrogens is 578 g/mol. The van der Waals surface area contributed by atoms with Gasteiger partial charge in [0, 0.05) is 27.1 Å². The van der Waals surface area contributed by atoms with Crippen molar-refractivity contribution in [1.29, 1.82) is 0 Å². The Bertz CT molecular complexity index is 1590. The third-order valence-corrected chi connectivity index (χ3v) is 7.41. The molecular formula is C29H21F4N3O3S2. The van der Waals surface area contributed by atoms with E-state index in [1.807, 2.05) is 10.7 Å². The number of halogens is 4. The smallest absolute Gasteiger partial charge is 0.272 e. The molecule has 0 aliphatic carbocycles. The van der Waals surface area contributed by atoms with Gasteiger partial charge in [0.05, 0.1) is 5.25 Å². The van der Waals surface area contributed by atoms with Crippen molar-refractivity contribution in [3.63, 3.8) is 0 Å². The Hall–Kier alpha value is -4.42. The Balaban J connectivity index is 1.46. The fourth-order valence-electron chi connectivity index (χ4n) is 3.47. The van der Waals surface area contributed by atoms with Gasteiger partial charge in [0.1, 0.15) is 11.4 Å². The molecule has 0 fully saturated rings. The number of anilines is 2. The maximum absolute atomic E-state index is 14.0. The highest BCUT2D eigenvalue weighted by Crippen LogP contribution is 2.29. The molecule has 4 rings (SSSR count). The Labute approximate surface area is 240 Å². The molecule has 0 aliphatic heterocycles. The highest BCUT2D eigenvalue weighted by atomic mass is 32.2. The van der Waals surface area contributed by atoms with Gasteiger partial charge in [-0.15, -0.1) is 23.1 Å². The molecule has 210 valence electrons. The van der Waals surface area contributed by atoms with Crippen LogP contribution in [0.1, 0.15) is 22.2 Å². The molecule has 0 saturated carbocycles. The van der Waals surface area contributed by atoms with Crippen LogP contribution >= 0.6 is 23.1 Å². The average molecular weight is 600 g/mol. The number of nitrogens with one attached hydrogen (secondary N) is 3. The first-order valence-corrected chi connectivity index (χ1v) is 13.7. The second-order valence-corrected chi connectivity index (χ2v) is 10.9. The first-order valence-electron chi connectivity index (χ1n) is 12.0. The third-order valence-electron chi connectivity index (χ3n) is 5.49. The molecule has 6 nitrogen and oxygen atoms in total. The van der Waals surface area contributed by atoms with Crippen LogP contribution in [-0.4, -0.2) is 23.0 Å². The summed E-state index contributed by atoms with van der Waals surface area (Å²) in [6, 6.07) is 18.4. The van der Waals surface area contributed by atoms with E-state index in [4.69, 9.17) is 0 Å². The molecule has 4 aromatic rings. The fourth-order valence-corrected chi connectivity index (χ4v) is 5.05. The molecule has 0 bridgehead atoms. The first-order chi connectivity index (χ1) is 19.6. The maximum Gasteiger partial charge on any atom is 0.272 e. The van der Waals surface area contributed by atoms with Crippen LogP contribution < -0.4 is 16.0 Å². The summed E-state index contributed by atoms with van der Waals surface area (Å²) in [5, 5.41) is 8.11. The number of hydrogen-bond donors (Lipinski definition) is 3. The van der Waals surface area contributed by atoms with Gasteiger partial charge < -0.3 is 16.0 Å². The van der Waals surface area contributed by atoms with Gasteiger partial charge >= 0.3 is 0 Å². The van der Waals surface area contributed by atoms with Crippen LogP contribution in [0.2, 0.25) is 0 Å². The van der Waals surface area contributed by atoms with E-state index in [9.17, 15) is 31.9 Å². The summed E-state index contributed by atoms with van der Waals surface area (Å²) >= 11 is 2.35. The largest absolute Gasteiger partial charge is 0.321 e. The van der Waals surface area contributed by atoms with Crippen LogP contribution in [0.5, 0.6) is 0 Å². The summed E-state index contributed by atoms with van der Waals surface area (Å²) in [6.07, 6.45) is 1.54. The van der Waals surface area contributed by atoms with Crippen molar-refractivity contribution in [1.82, 2.24) is 5.32 Å². The lowest BCUT2D eigenvalue weighted by molar-refractivity contribution is -0.115. The first kappa shape index (κ1) is 29.6. The number of carbonyl (C=O) groups excluding carboxylic acids is 3. The van der Waals surface area contributed by atoms with Crippen LogP contribution in [0.15, 0.2) is 88.8 Å². The Morgan fingerprint density at radius 1 is 0.854 bits per heavy atom. The highest BCUT2D eigenvalue weighted by Gasteiger charge is 2.24. The summed E-state index contributed by atoms with van der Waals surface area (Å²) in [5.74, 6) is -8.70. The van der Waals surface area contributed by atoms with Gasteiger partial charge in [-0.3, -0.25) is 14.4 Å². The van der Waals surface area contributed by atoms with E-state index in [0.29, 0.717) is 16.1 Å². The van der Waals surface area contributed by atoms with Gasteiger partial charge in [-0.05, 0) is 54.8 Å². The number of thioether (sulfide) groups is 1. The number of thiophene rings is 1. The van der Waals surface area contributed by atoms with Crippen LogP contribution in [-0.2, 0) is 9.59 Å². The van der Waals surface area contributed by atoms with Gasteiger partial charge in [-0.2, -0.15) is 0 Å². The molecule has 3 aromatic carbocycles. The molecule has 1 heterocycles. The molecule has 3 N–H and O–H groups in total. The Morgan fingerprint density at radius 3 is 2.22 bits per heavy atom. The van der Waals surface area contributed by atoms with E-state index < -0.39 is 51.9 Å². The number of rotatable bonds is 9. The topological polar surface area (TPSA) is 87.3 Å². The SMILES string of the molecule is CC(Sc1cccc(NC(=O)/C(=C/c2cccs2)NC(=O)c2ccccc2)c1)C(=O)Nc1c(F)c(F)cc(F)c1F. The van der Waals surface area contributed by atoms with Crippen molar-refractivity contribution < 1.29 is 31.9 Å². The van der Waals surface area contributed by atoms with E-state index in [0.717, 1.165) is 16.6 Å². The van der Waals surface area contributed by atoms with Gasteiger partial charge in [0.2, 0.25) is 5.91 Å². The highest BCUT2D eigenvalue weighted by molar-refractivity contribution is 8.00. The van der Waals surface area contributed by atoms with Crippen molar-refractivity contribution >= 4 is 58.3 Å². The molecule has 1 unspecified atom stereocenters. The normalized spacial score (nSPS) is 12.0. The van der Waals surface area contributed by atoms with Gasteiger partial charge in [-0.1, -0.05) is 30.3 Å². The summed E-state index contributed by atoms with van der Waals surface area (Å²) in [5.41, 5.74) is -0.520. The van der Waals surface area contributed by atoms with Gasteiger partial charge in [-0.25, -0.2) is 17.6 Å². The fraction of sp³-hybridized carbons (Fsp3) is 0.0690. The number of carbonyl (C=O) groups is 3. The minimum absolute atomic E-state index is 0.00140. The second kappa shape index (κ2) is 13.3. The molecule has 0 radical (unpaired) electrons. The molecule has 0 saturated heterocycles. The van der Waals surface area contributed by atoms with Crippen molar-refractivity contribution in [2.45, 2.75) is 17.1 Å². The quantitative estimate of drug-likeness (QED) is 0.0852. The molecule has 0 spiro atoms. The van der Waals surface area contributed by atoms with Crippen molar-refractivity contribution in [3.8, 4) is 0 Å². The predicted molar refractivity (Wildman–Crippen MR) is 151 cm³/mol. The van der Waals surface area contributed by atoms with Crippen molar-refractivity contribution in [2.75, 3.05) is 10.6 Å². The van der Waals surface area contributed by atoms with E-state index in [2.05, 4.69) is 10.6 Å². The lowest BCUT2D eigenvalue weighted by atomic mass is 10.2. The number of hydrogen-bond acceptors (Lipinski definition) is 5. The standard InChI is InChI=1S/C29H21F4N3O3S2/c1-16(27(37)36-26-24(32)21(30)15-22(31)25(26)33)41-20-10-5-9-18(13-20)34-29(39)23(14-19-11-6-12-40-19)35-28(38)17-7-3-2-4-8-17/h2-16H,1H3,(H,34,39)(H,35,38)(H,36,37)/b23-14-. The third kappa shape index (κ3) is 7.62. The van der Waals surface area contributed by atoms with Crippen LogP contribution in [0.4, 0.5) is 28.9 Å². The van der Waals surface area contributed by atoms with Crippen LogP contribution in [0.3, 0.4) is 0 Å². The summed E-state index contributed by atoms with van der Waals surface area (Å²) < 4.78 is 54.9. The number of amides is 3. The minimum atomic E-state index is -1.72. The second-order valence-electron chi connectivity index (χ2n) is 8.47. The van der Waals surface area contributed by atoms with Gasteiger partial charge in [0.15, 0.2) is 23.3 Å². The van der Waals surface area contributed by atoms with E-state index >= 15 is 0 Å². The van der Waals surface area contributed by atoms with Gasteiger partial charge in [0.25, 0.3) is 11.8 Å². The molecule has 1 atom stereocenters. The average Bonchev–Trinajstić information content (AvgIpc) is 3.47. The monoisotopic (exact) mass is 599 g/mol. The molecule has 0 aliphatic rings. The van der Waals surface area contributed by atoms with E-state index in [1.165, 1.54) is 18.3 Å². The molecule has 1 aromatic heterocycles. The molecule has 3 amide bonds. The van der Waals surface area contributed by atoms with Crippen molar-refractivity contribution in [2.24, 2.45) is 0 Å². The predicted octanol–water partition coefficient (Wildman–Crippen LogP) is 6.83. The molecule has 41 heavy (non-hydrogen) atoms. The Morgan fingerprint density at radius 2 is 1.56 bits per heavy atom. The zero-order valence-electron chi connectivity index (χ0n) is 21.2. The lowest BCUT2D eigenvalue weighted by Crippen LogP contribution is -2.30. The summed E-state index contributed by atoms with van der Waals surface area (Å²) in [7, 11) is 0. The minimum Gasteiger partial charge on any atom is -0.321 e. The van der Waals surface area contributed by atoms with Crippen LogP contribution in [0.25, 0.3) is 6.08 Å². The molecule has 12 heteroatoms. The summed E-state index contributed by atoms with van der Waals surface area (Å²) in [4.78, 5) is 39.7.